The molecule has 3 rings (SSSR count). The lowest BCUT2D eigenvalue weighted by atomic mass is 10.1. The minimum Gasteiger partial charge on any atom is -0.478 e. The van der Waals surface area contributed by atoms with Crippen LogP contribution in [0, 0.1) is 0 Å². The summed E-state index contributed by atoms with van der Waals surface area (Å²) in [5.74, 6) is -0.907. The number of nitrogens with zero attached hydrogens (tertiary/aromatic N) is 2. The average molecular weight is 316 g/mol. The number of hydrogen-bond acceptors (Lipinski definition) is 5. The van der Waals surface area contributed by atoms with Crippen molar-refractivity contribution < 1.29 is 9.90 Å². The molecule has 0 aliphatic carbocycles. The van der Waals surface area contributed by atoms with Crippen LogP contribution in [-0.4, -0.2) is 21.0 Å². The van der Waals surface area contributed by atoms with Crippen LogP contribution in [0.4, 0.5) is 0 Å². The molecule has 3 aromatic rings. The molecule has 1 N–H and O–H groups in total. The number of rotatable bonds is 4. The molecule has 0 amide bonds. The van der Waals surface area contributed by atoms with Gasteiger partial charge in [-0.15, -0.1) is 22.7 Å². The van der Waals surface area contributed by atoms with E-state index in [2.05, 4.69) is 16.9 Å². The molecule has 106 valence electrons. The number of hydrogen-bond donors (Lipinski definition) is 1. The van der Waals surface area contributed by atoms with Crippen LogP contribution >= 0.6 is 22.7 Å². The van der Waals surface area contributed by atoms with Gasteiger partial charge in [-0.05, 0) is 24.1 Å². The summed E-state index contributed by atoms with van der Waals surface area (Å²) in [5.41, 5.74) is 3.39. The number of aromatic nitrogens is 2. The molecule has 0 saturated carbocycles. The maximum absolute atomic E-state index is 10.9. The lowest BCUT2D eigenvalue weighted by Gasteiger charge is -2.02. The summed E-state index contributed by atoms with van der Waals surface area (Å²) in [6, 6.07) is 3.64. The standard InChI is InChI=1S/C15H12N2O2S2/c1-2-9-6-16-4-3-11(9)14-17-12(8-21-14)13-5-10(7-20-13)15(18)19/h3-8H,2H2,1H3,(H,18,19). The summed E-state index contributed by atoms with van der Waals surface area (Å²) in [6.07, 6.45) is 4.54. The van der Waals surface area contributed by atoms with Crippen molar-refractivity contribution >= 4 is 28.6 Å². The van der Waals surface area contributed by atoms with Crippen LogP contribution in [0.25, 0.3) is 21.1 Å². The molecule has 0 aliphatic rings. The highest BCUT2D eigenvalue weighted by Crippen LogP contribution is 2.33. The van der Waals surface area contributed by atoms with Gasteiger partial charge in [-0.3, -0.25) is 4.98 Å². The second-order valence-corrected chi connectivity index (χ2v) is 6.20. The number of carboxylic acids is 1. The van der Waals surface area contributed by atoms with Gasteiger partial charge in [0.15, 0.2) is 0 Å². The van der Waals surface area contributed by atoms with Gasteiger partial charge in [0.1, 0.15) is 5.01 Å². The van der Waals surface area contributed by atoms with E-state index in [1.165, 1.54) is 11.3 Å². The van der Waals surface area contributed by atoms with E-state index < -0.39 is 5.97 Å². The first-order chi connectivity index (χ1) is 10.2. The molecule has 21 heavy (non-hydrogen) atoms. The molecule has 0 fully saturated rings. The van der Waals surface area contributed by atoms with E-state index in [-0.39, 0.29) is 0 Å². The number of aromatic carboxylic acids is 1. The topological polar surface area (TPSA) is 63.1 Å². The van der Waals surface area contributed by atoms with Crippen molar-refractivity contribution in [3.8, 4) is 21.1 Å². The molecular formula is C15H12N2O2S2. The van der Waals surface area contributed by atoms with Gasteiger partial charge in [0.2, 0.25) is 0 Å². The van der Waals surface area contributed by atoms with Gasteiger partial charge in [-0.25, -0.2) is 9.78 Å². The zero-order valence-corrected chi connectivity index (χ0v) is 12.9. The van der Waals surface area contributed by atoms with Crippen molar-refractivity contribution in [2.24, 2.45) is 0 Å². The maximum atomic E-state index is 10.9. The predicted octanol–water partition coefficient (Wildman–Crippen LogP) is 4.19. The van der Waals surface area contributed by atoms with Crippen LogP contribution in [0.1, 0.15) is 22.8 Å². The first kappa shape index (κ1) is 13.9. The summed E-state index contributed by atoms with van der Waals surface area (Å²) in [4.78, 5) is 20.6. The SMILES string of the molecule is CCc1cnccc1-c1nc(-c2cc(C(=O)O)cs2)cs1. The normalized spacial score (nSPS) is 10.7. The van der Waals surface area contributed by atoms with Gasteiger partial charge < -0.3 is 5.11 Å². The highest BCUT2D eigenvalue weighted by molar-refractivity contribution is 7.15. The highest BCUT2D eigenvalue weighted by Gasteiger charge is 2.13. The van der Waals surface area contributed by atoms with E-state index in [9.17, 15) is 4.79 Å². The summed E-state index contributed by atoms with van der Waals surface area (Å²) < 4.78 is 0. The number of carbonyl (C=O) groups is 1. The Hall–Kier alpha value is -2.05. The van der Waals surface area contributed by atoms with Gasteiger partial charge in [0.25, 0.3) is 0 Å². The van der Waals surface area contributed by atoms with Crippen molar-refractivity contribution in [1.82, 2.24) is 9.97 Å². The van der Waals surface area contributed by atoms with Crippen molar-refractivity contribution in [2.75, 3.05) is 0 Å². The molecule has 0 unspecified atom stereocenters. The fourth-order valence-electron chi connectivity index (χ4n) is 2.01. The Labute approximate surface area is 129 Å². The minimum atomic E-state index is -0.907. The first-order valence-electron chi connectivity index (χ1n) is 6.40. The van der Waals surface area contributed by atoms with Gasteiger partial charge in [-0.2, -0.15) is 0 Å². The van der Waals surface area contributed by atoms with E-state index in [1.54, 1.807) is 29.0 Å². The van der Waals surface area contributed by atoms with Crippen LogP contribution in [0.5, 0.6) is 0 Å². The van der Waals surface area contributed by atoms with E-state index >= 15 is 0 Å². The predicted molar refractivity (Wildman–Crippen MR) is 85.0 cm³/mol. The molecule has 0 atom stereocenters. The van der Waals surface area contributed by atoms with Gasteiger partial charge in [0.05, 0.1) is 16.1 Å². The molecule has 3 aromatic heterocycles. The van der Waals surface area contributed by atoms with Crippen LogP contribution in [0.2, 0.25) is 0 Å². The second-order valence-electron chi connectivity index (χ2n) is 4.43. The van der Waals surface area contributed by atoms with Crippen molar-refractivity contribution in [2.45, 2.75) is 13.3 Å². The number of carboxylic acid groups (broad SMARTS) is 1. The zero-order chi connectivity index (χ0) is 14.8. The van der Waals surface area contributed by atoms with E-state index in [0.717, 1.165) is 33.1 Å². The summed E-state index contributed by atoms with van der Waals surface area (Å²) in [5, 5.41) is 13.5. The lowest BCUT2D eigenvalue weighted by molar-refractivity contribution is 0.0697. The molecule has 0 aromatic carbocycles. The third-order valence-corrected chi connectivity index (χ3v) is 4.95. The largest absolute Gasteiger partial charge is 0.478 e. The van der Waals surface area contributed by atoms with Crippen LogP contribution in [-0.2, 0) is 6.42 Å². The maximum Gasteiger partial charge on any atom is 0.336 e. The highest BCUT2D eigenvalue weighted by atomic mass is 32.1. The van der Waals surface area contributed by atoms with Crippen molar-refractivity contribution in [1.29, 1.82) is 0 Å². The molecule has 6 heteroatoms. The summed E-state index contributed by atoms with van der Waals surface area (Å²) in [7, 11) is 0. The molecule has 0 radical (unpaired) electrons. The van der Waals surface area contributed by atoms with Gasteiger partial charge in [-0.1, -0.05) is 6.92 Å². The molecular weight excluding hydrogens is 304 g/mol. The molecule has 0 spiro atoms. The van der Waals surface area contributed by atoms with Gasteiger partial charge >= 0.3 is 5.97 Å². The third kappa shape index (κ3) is 2.72. The zero-order valence-electron chi connectivity index (χ0n) is 11.2. The van der Waals surface area contributed by atoms with Crippen LogP contribution < -0.4 is 0 Å². The van der Waals surface area contributed by atoms with E-state index in [4.69, 9.17) is 5.11 Å². The number of thiazole rings is 1. The van der Waals surface area contributed by atoms with E-state index in [0.29, 0.717) is 5.56 Å². The third-order valence-electron chi connectivity index (χ3n) is 3.12. The number of pyridine rings is 1. The molecule has 0 bridgehead atoms. The summed E-state index contributed by atoms with van der Waals surface area (Å²) in [6.45, 7) is 2.09. The summed E-state index contributed by atoms with van der Waals surface area (Å²) >= 11 is 2.97. The fraction of sp³-hybridized carbons (Fsp3) is 0.133. The van der Waals surface area contributed by atoms with Crippen molar-refractivity contribution in [3.63, 3.8) is 0 Å². The molecule has 3 heterocycles. The smallest absolute Gasteiger partial charge is 0.336 e. The molecule has 4 nitrogen and oxygen atoms in total. The molecule has 0 aliphatic heterocycles. The Morgan fingerprint density at radius 2 is 2.19 bits per heavy atom. The van der Waals surface area contributed by atoms with Crippen LogP contribution in [0.3, 0.4) is 0 Å². The minimum absolute atomic E-state index is 0.308. The first-order valence-corrected chi connectivity index (χ1v) is 8.16. The van der Waals surface area contributed by atoms with Gasteiger partial charge in [0, 0.05) is 28.7 Å². The quantitative estimate of drug-likeness (QED) is 0.783. The number of aryl methyl sites for hydroxylation is 1. The fourth-order valence-corrected chi connectivity index (χ4v) is 3.81. The van der Waals surface area contributed by atoms with Crippen molar-refractivity contribution in [3.05, 3.63) is 46.4 Å². The number of thiophene rings is 1. The Balaban J connectivity index is 1.97. The Bertz CT molecular complexity index is 792. The lowest BCUT2D eigenvalue weighted by Crippen LogP contribution is -1.91. The van der Waals surface area contributed by atoms with E-state index in [1.807, 2.05) is 17.6 Å². The second kappa shape index (κ2) is 5.75. The monoisotopic (exact) mass is 316 g/mol. The Morgan fingerprint density at radius 1 is 1.33 bits per heavy atom. The van der Waals surface area contributed by atoms with Crippen LogP contribution in [0.15, 0.2) is 35.3 Å². The average Bonchev–Trinajstić information content (AvgIpc) is 3.16. The Morgan fingerprint density at radius 3 is 2.90 bits per heavy atom. The Kier molecular flexibility index (Phi) is 3.81. The molecule has 0 saturated heterocycles.